The number of likely N-dealkylation sites (tertiary alicyclic amines) is 2. The number of hydrogen-bond acceptors (Lipinski definition) is 3. The van der Waals surface area contributed by atoms with Crippen LogP contribution < -0.4 is 4.74 Å². The van der Waals surface area contributed by atoms with Gasteiger partial charge in [-0.2, -0.15) is 0 Å². The zero-order valence-corrected chi connectivity index (χ0v) is 22.1. The van der Waals surface area contributed by atoms with Crippen molar-refractivity contribution in [3.63, 3.8) is 0 Å². The van der Waals surface area contributed by atoms with E-state index in [4.69, 9.17) is 4.74 Å². The van der Waals surface area contributed by atoms with Crippen LogP contribution in [0, 0.1) is 17.0 Å². The maximum Gasteiger partial charge on any atom is 0.233 e. The molecule has 1 atom stereocenters. The third-order valence-electron chi connectivity index (χ3n) is 8.80. The summed E-state index contributed by atoms with van der Waals surface area (Å²) in [6.07, 6.45) is 8.02. The number of piperidine rings is 2. The fourth-order valence-corrected chi connectivity index (χ4v) is 6.77. The average Bonchev–Trinajstić information content (AvgIpc) is 3.44. The molecule has 0 N–H and O–H groups in total. The van der Waals surface area contributed by atoms with Crippen LogP contribution in [0.2, 0.25) is 0 Å². The number of ether oxygens (including phenoxy) is 1. The second kappa shape index (κ2) is 11.4. The quantitative estimate of drug-likeness (QED) is 0.455. The van der Waals surface area contributed by atoms with Gasteiger partial charge in [0.05, 0.1) is 12.0 Å². The van der Waals surface area contributed by atoms with Crippen molar-refractivity contribution in [2.75, 3.05) is 32.8 Å². The van der Waals surface area contributed by atoms with Gasteiger partial charge in [-0.3, -0.25) is 9.59 Å². The summed E-state index contributed by atoms with van der Waals surface area (Å²) in [6.45, 7) is 2.78. The van der Waals surface area contributed by atoms with Crippen LogP contribution in [0.5, 0.6) is 5.75 Å². The lowest BCUT2D eigenvalue weighted by atomic mass is 9.73. The SMILES string of the molecule is O=C(C[C@]1(COc2ccc(F)cc2)CCCN(C(=O)C2(c3ccccc3F)CCCC2)C1)N1CCCCC1. The fraction of sp³-hybridized carbons (Fsp3) is 0.548. The zero-order valence-electron chi connectivity index (χ0n) is 22.1. The van der Waals surface area contributed by atoms with Crippen molar-refractivity contribution in [1.82, 2.24) is 9.80 Å². The molecule has 2 aromatic carbocycles. The van der Waals surface area contributed by atoms with E-state index in [1.165, 1.54) is 18.2 Å². The van der Waals surface area contributed by atoms with E-state index in [0.717, 1.165) is 58.0 Å². The molecule has 5 rings (SSSR count). The van der Waals surface area contributed by atoms with Gasteiger partial charge in [-0.15, -0.1) is 0 Å². The first-order valence-electron chi connectivity index (χ1n) is 14.1. The van der Waals surface area contributed by atoms with Crippen LogP contribution in [-0.4, -0.2) is 54.4 Å². The molecule has 0 aromatic heterocycles. The Morgan fingerprint density at radius 3 is 2.18 bits per heavy atom. The molecule has 1 saturated carbocycles. The van der Waals surface area contributed by atoms with Gasteiger partial charge in [-0.1, -0.05) is 31.0 Å². The molecule has 7 heteroatoms. The smallest absolute Gasteiger partial charge is 0.233 e. The standard InChI is InChI=1S/C31H38F2N2O3/c32-24-11-13-25(14-12-24)38-23-30(21-28(36)34-18-6-1-7-19-34)15-8-20-35(22-30)29(37)31(16-4-5-17-31)26-9-2-3-10-27(26)33/h2-3,9-14H,1,4-8,15-23H2/t30-/m1/s1. The molecule has 2 aliphatic heterocycles. The molecule has 204 valence electrons. The van der Waals surface area contributed by atoms with Crippen molar-refractivity contribution in [3.8, 4) is 5.75 Å². The molecule has 5 nitrogen and oxygen atoms in total. The minimum atomic E-state index is -0.858. The highest BCUT2D eigenvalue weighted by Gasteiger charge is 2.49. The van der Waals surface area contributed by atoms with Crippen LogP contribution >= 0.6 is 0 Å². The van der Waals surface area contributed by atoms with Crippen molar-refractivity contribution in [2.45, 2.75) is 69.6 Å². The van der Waals surface area contributed by atoms with E-state index in [1.807, 2.05) is 9.80 Å². The summed E-state index contributed by atoms with van der Waals surface area (Å²) in [4.78, 5) is 31.5. The number of rotatable bonds is 7. The van der Waals surface area contributed by atoms with Crippen molar-refractivity contribution >= 4 is 11.8 Å². The lowest BCUT2D eigenvalue weighted by Gasteiger charge is -2.46. The minimum absolute atomic E-state index is 0.0311. The number of halogens is 2. The second-order valence-electron chi connectivity index (χ2n) is 11.5. The summed E-state index contributed by atoms with van der Waals surface area (Å²) in [5, 5.41) is 0. The Kier molecular flexibility index (Phi) is 8.01. The molecule has 0 spiro atoms. The topological polar surface area (TPSA) is 49.9 Å². The van der Waals surface area contributed by atoms with Crippen LogP contribution in [0.4, 0.5) is 8.78 Å². The number of carbonyl (C=O) groups is 2. The summed E-state index contributed by atoms with van der Waals surface area (Å²) in [6, 6.07) is 12.6. The highest BCUT2D eigenvalue weighted by atomic mass is 19.1. The first kappa shape index (κ1) is 26.6. The maximum absolute atomic E-state index is 15.0. The van der Waals surface area contributed by atoms with E-state index in [9.17, 15) is 14.0 Å². The molecule has 2 amide bonds. The summed E-state index contributed by atoms with van der Waals surface area (Å²) >= 11 is 0. The van der Waals surface area contributed by atoms with E-state index >= 15 is 4.39 Å². The van der Waals surface area contributed by atoms with E-state index in [1.54, 1.807) is 30.3 Å². The van der Waals surface area contributed by atoms with E-state index < -0.39 is 10.8 Å². The Morgan fingerprint density at radius 2 is 1.47 bits per heavy atom. The van der Waals surface area contributed by atoms with Crippen LogP contribution in [0.25, 0.3) is 0 Å². The van der Waals surface area contributed by atoms with Gasteiger partial charge in [0.15, 0.2) is 0 Å². The molecular formula is C31H38F2N2O3. The normalized spacial score (nSPS) is 23.3. The van der Waals surface area contributed by atoms with Gasteiger partial charge in [0.2, 0.25) is 11.8 Å². The molecule has 2 saturated heterocycles. The van der Waals surface area contributed by atoms with Gasteiger partial charge >= 0.3 is 0 Å². The lowest BCUT2D eigenvalue weighted by Crippen LogP contribution is -2.55. The van der Waals surface area contributed by atoms with Gasteiger partial charge in [-0.25, -0.2) is 8.78 Å². The van der Waals surface area contributed by atoms with Gasteiger partial charge in [0.25, 0.3) is 0 Å². The van der Waals surface area contributed by atoms with E-state index in [2.05, 4.69) is 0 Å². The number of carbonyl (C=O) groups excluding carboxylic acids is 2. The molecule has 0 bridgehead atoms. The minimum Gasteiger partial charge on any atom is -0.493 e. The molecule has 1 aliphatic carbocycles. The summed E-state index contributed by atoms with van der Waals surface area (Å²) in [5.74, 6) is -0.0521. The number of nitrogens with zero attached hydrogens (tertiary/aromatic N) is 2. The van der Waals surface area contributed by atoms with Crippen molar-refractivity contribution in [2.24, 2.45) is 5.41 Å². The average molecular weight is 525 g/mol. The van der Waals surface area contributed by atoms with Crippen LogP contribution in [-0.2, 0) is 15.0 Å². The molecule has 3 fully saturated rings. The monoisotopic (exact) mass is 524 g/mol. The predicted molar refractivity (Wildman–Crippen MR) is 142 cm³/mol. The molecule has 3 aliphatic rings. The predicted octanol–water partition coefficient (Wildman–Crippen LogP) is 5.87. The van der Waals surface area contributed by atoms with E-state index in [0.29, 0.717) is 43.7 Å². The lowest BCUT2D eigenvalue weighted by molar-refractivity contribution is -0.145. The van der Waals surface area contributed by atoms with Crippen molar-refractivity contribution < 1.29 is 23.1 Å². The highest BCUT2D eigenvalue weighted by Crippen LogP contribution is 2.45. The molecule has 0 radical (unpaired) electrons. The summed E-state index contributed by atoms with van der Waals surface area (Å²) in [7, 11) is 0. The van der Waals surface area contributed by atoms with Crippen LogP contribution in [0.15, 0.2) is 48.5 Å². The first-order valence-corrected chi connectivity index (χ1v) is 14.1. The molecule has 2 heterocycles. The Morgan fingerprint density at radius 1 is 0.789 bits per heavy atom. The zero-order chi connectivity index (χ0) is 26.6. The first-order chi connectivity index (χ1) is 18.4. The van der Waals surface area contributed by atoms with Gasteiger partial charge < -0.3 is 14.5 Å². The largest absolute Gasteiger partial charge is 0.493 e. The third-order valence-corrected chi connectivity index (χ3v) is 8.80. The highest BCUT2D eigenvalue weighted by molar-refractivity contribution is 5.89. The molecule has 2 aromatic rings. The van der Waals surface area contributed by atoms with Crippen molar-refractivity contribution in [1.29, 1.82) is 0 Å². The second-order valence-corrected chi connectivity index (χ2v) is 11.5. The number of amides is 2. The molecular weight excluding hydrogens is 486 g/mol. The Labute approximate surface area is 224 Å². The fourth-order valence-electron chi connectivity index (χ4n) is 6.77. The number of benzene rings is 2. The van der Waals surface area contributed by atoms with Crippen LogP contribution in [0.1, 0.15) is 69.8 Å². The third kappa shape index (κ3) is 5.57. The summed E-state index contributed by atoms with van der Waals surface area (Å²) in [5.41, 5.74) is -0.930. The Balaban J connectivity index is 1.40. The van der Waals surface area contributed by atoms with Crippen LogP contribution in [0.3, 0.4) is 0 Å². The number of hydrogen-bond donors (Lipinski definition) is 0. The summed E-state index contributed by atoms with van der Waals surface area (Å²) < 4.78 is 34.6. The van der Waals surface area contributed by atoms with E-state index in [-0.39, 0.29) is 30.1 Å². The molecule has 38 heavy (non-hydrogen) atoms. The van der Waals surface area contributed by atoms with Crippen molar-refractivity contribution in [3.05, 3.63) is 65.7 Å². The van der Waals surface area contributed by atoms with Gasteiger partial charge in [-0.05, 0) is 75.3 Å². The van der Waals surface area contributed by atoms with Gasteiger partial charge in [0.1, 0.15) is 17.4 Å². The Hall–Kier alpha value is -2.96. The maximum atomic E-state index is 15.0. The molecule has 0 unspecified atom stereocenters. The Bertz CT molecular complexity index is 1130. The van der Waals surface area contributed by atoms with Gasteiger partial charge in [0, 0.05) is 43.6 Å².